The van der Waals surface area contributed by atoms with E-state index in [0.717, 1.165) is 5.92 Å². The predicted octanol–water partition coefficient (Wildman–Crippen LogP) is 2.30. The lowest BCUT2D eigenvalue weighted by atomic mass is 9.79. The normalized spacial score (nSPS) is 23.4. The molecule has 0 bridgehead atoms. The third-order valence-corrected chi connectivity index (χ3v) is 3.45. The summed E-state index contributed by atoms with van der Waals surface area (Å²) in [6.07, 6.45) is 0. The van der Waals surface area contributed by atoms with Gasteiger partial charge in [-0.15, -0.1) is 0 Å². The maximum absolute atomic E-state index is 2.69. The van der Waals surface area contributed by atoms with Gasteiger partial charge in [-0.05, 0) is 18.4 Å². The Morgan fingerprint density at radius 3 is 1.73 bits per heavy atom. The molecule has 1 aliphatic heterocycles. The van der Waals surface area contributed by atoms with Crippen LogP contribution in [0.1, 0.15) is 34.6 Å². The molecule has 0 aliphatic carbocycles. The second-order valence-corrected chi connectivity index (χ2v) is 6.39. The molecule has 1 rings (SSSR count). The molecule has 0 aromatic heterocycles. The summed E-state index contributed by atoms with van der Waals surface area (Å²) in [5.74, 6) is 0.744. The molecule has 0 aromatic rings. The zero-order valence-electron chi connectivity index (χ0n) is 11.4. The Labute approximate surface area is 95.6 Å². The lowest BCUT2D eigenvalue weighted by Crippen LogP contribution is -2.54. The Kier molecular flexibility index (Phi) is 4.19. The molecule has 0 saturated carbocycles. The second kappa shape index (κ2) is 4.84. The minimum Gasteiger partial charge on any atom is -0.304 e. The number of hydrogen-bond acceptors (Lipinski definition) is 2. The quantitative estimate of drug-likeness (QED) is 0.693. The van der Waals surface area contributed by atoms with Gasteiger partial charge in [-0.2, -0.15) is 0 Å². The van der Waals surface area contributed by atoms with Crippen LogP contribution in [-0.4, -0.2) is 49.1 Å². The first-order valence-electron chi connectivity index (χ1n) is 6.25. The van der Waals surface area contributed by atoms with Crippen LogP contribution < -0.4 is 0 Å². The molecule has 15 heavy (non-hydrogen) atoms. The number of likely N-dealkylation sites (N-methyl/N-ethyl adjacent to an activating group) is 1. The van der Waals surface area contributed by atoms with Crippen LogP contribution in [0.5, 0.6) is 0 Å². The van der Waals surface area contributed by atoms with Gasteiger partial charge in [-0.25, -0.2) is 0 Å². The van der Waals surface area contributed by atoms with Crippen molar-refractivity contribution >= 4 is 0 Å². The SMILES string of the molecule is CC(C)C(N1CCN(C)CC1)C(C)(C)C. The topological polar surface area (TPSA) is 6.48 Å². The van der Waals surface area contributed by atoms with Gasteiger partial charge in [0.05, 0.1) is 0 Å². The fourth-order valence-corrected chi connectivity index (χ4v) is 3.07. The Morgan fingerprint density at radius 1 is 0.933 bits per heavy atom. The molecule has 90 valence electrons. The Balaban J connectivity index is 2.65. The van der Waals surface area contributed by atoms with Crippen LogP contribution in [-0.2, 0) is 0 Å². The molecule has 0 amide bonds. The number of hydrogen-bond donors (Lipinski definition) is 0. The predicted molar refractivity (Wildman–Crippen MR) is 67.2 cm³/mol. The third-order valence-electron chi connectivity index (χ3n) is 3.45. The van der Waals surface area contributed by atoms with Crippen LogP contribution in [0.15, 0.2) is 0 Å². The molecule has 1 aliphatic rings. The summed E-state index contributed by atoms with van der Waals surface area (Å²) in [4.78, 5) is 5.11. The van der Waals surface area contributed by atoms with Crippen molar-refractivity contribution in [1.29, 1.82) is 0 Å². The van der Waals surface area contributed by atoms with Gasteiger partial charge in [0.15, 0.2) is 0 Å². The molecule has 1 saturated heterocycles. The van der Waals surface area contributed by atoms with E-state index in [0.29, 0.717) is 11.5 Å². The largest absolute Gasteiger partial charge is 0.304 e. The average molecular weight is 212 g/mol. The second-order valence-electron chi connectivity index (χ2n) is 6.39. The summed E-state index contributed by atoms with van der Waals surface area (Å²) in [7, 11) is 2.22. The van der Waals surface area contributed by atoms with Gasteiger partial charge < -0.3 is 4.90 Å². The van der Waals surface area contributed by atoms with Gasteiger partial charge in [-0.1, -0.05) is 34.6 Å². The molecule has 0 N–H and O–H groups in total. The zero-order chi connectivity index (χ0) is 11.6. The molecule has 1 fully saturated rings. The van der Waals surface area contributed by atoms with Gasteiger partial charge in [0.1, 0.15) is 0 Å². The van der Waals surface area contributed by atoms with E-state index < -0.39 is 0 Å². The summed E-state index contributed by atoms with van der Waals surface area (Å²) in [6.45, 7) is 16.7. The van der Waals surface area contributed by atoms with E-state index >= 15 is 0 Å². The average Bonchev–Trinajstić information content (AvgIpc) is 2.05. The van der Waals surface area contributed by atoms with Crippen molar-refractivity contribution in [3.05, 3.63) is 0 Å². The fourth-order valence-electron chi connectivity index (χ4n) is 3.07. The summed E-state index contributed by atoms with van der Waals surface area (Å²) < 4.78 is 0. The van der Waals surface area contributed by atoms with Crippen LogP contribution in [0.2, 0.25) is 0 Å². The number of nitrogens with zero attached hydrogens (tertiary/aromatic N) is 2. The highest BCUT2D eigenvalue weighted by Crippen LogP contribution is 2.30. The van der Waals surface area contributed by atoms with E-state index in [4.69, 9.17) is 0 Å². The Morgan fingerprint density at radius 2 is 1.40 bits per heavy atom. The van der Waals surface area contributed by atoms with E-state index in [-0.39, 0.29) is 0 Å². The summed E-state index contributed by atoms with van der Waals surface area (Å²) >= 11 is 0. The van der Waals surface area contributed by atoms with Crippen molar-refractivity contribution in [3.8, 4) is 0 Å². The monoisotopic (exact) mass is 212 g/mol. The molecule has 2 nitrogen and oxygen atoms in total. The molecule has 0 radical (unpaired) electrons. The minimum atomic E-state index is 0.393. The molecule has 1 unspecified atom stereocenters. The molecular weight excluding hydrogens is 184 g/mol. The Bertz CT molecular complexity index is 185. The van der Waals surface area contributed by atoms with E-state index in [1.165, 1.54) is 26.2 Å². The van der Waals surface area contributed by atoms with E-state index in [2.05, 4.69) is 51.5 Å². The molecule has 0 aromatic carbocycles. The van der Waals surface area contributed by atoms with Gasteiger partial charge in [-0.3, -0.25) is 4.90 Å². The first kappa shape index (κ1) is 13.0. The minimum absolute atomic E-state index is 0.393. The summed E-state index contributed by atoms with van der Waals surface area (Å²) in [5, 5.41) is 0. The van der Waals surface area contributed by atoms with Crippen LogP contribution in [0.3, 0.4) is 0 Å². The van der Waals surface area contributed by atoms with Crippen molar-refractivity contribution in [2.45, 2.75) is 40.7 Å². The molecule has 2 heteroatoms. The smallest absolute Gasteiger partial charge is 0.0168 e. The van der Waals surface area contributed by atoms with Crippen molar-refractivity contribution in [1.82, 2.24) is 9.80 Å². The van der Waals surface area contributed by atoms with E-state index in [1.807, 2.05) is 0 Å². The lowest BCUT2D eigenvalue weighted by molar-refractivity contribution is 0.0275. The zero-order valence-corrected chi connectivity index (χ0v) is 11.4. The van der Waals surface area contributed by atoms with Gasteiger partial charge >= 0.3 is 0 Å². The molecule has 0 spiro atoms. The van der Waals surface area contributed by atoms with Crippen LogP contribution in [0.25, 0.3) is 0 Å². The van der Waals surface area contributed by atoms with Crippen molar-refractivity contribution < 1.29 is 0 Å². The Hall–Kier alpha value is -0.0800. The first-order valence-corrected chi connectivity index (χ1v) is 6.25. The van der Waals surface area contributed by atoms with Crippen LogP contribution >= 0.6 is 0 Å². The maximum Gasteiger partial charge on any atom is 0.0168 e. The molecular formula is C13H28N2. The number of piperazine rings is 1. The maximum atomic E-state index is 2.69. The van der Waals surface area contributed by atoms with Crippen molar-refractivity contribution in [2.24, 2.45) is 11.3 Å². The third kappa shape index (κ3) is 3.46. The van der Waals surface area contributed by atoms with Crippen molar-refractivity contribution in [3.63, 3.8) is 0 Å². The van der Waals surface area contributed by atoms with Gasteiger partial charge in [0.25, 0.3) is 0 Å². The highest BCUT2D eigenvalue weighted by Gasteiger charge is 2.33. The highest BCUT2D eigenvalue weighted by atomic mass is 15.3. The summed E-state index contributed by atoms with van der Waals surface area (Å²) in [5.41, 5.74) is 0.393. The van der Waals surface area contributed by atoms with Gasteiger partial charge in [0.2, 0.25) is 0 Å². The first-order chi connectivity index (χ1) is 6.82. The van der Waals surface area contributed by atoms with Crippen LogP contribution in [0, 0.1) is 11.3 Å². The molecule has 1 heterocycles. The fraction of sp³-hybridized carbons (Fsp3) is 1.00. The highest BCUT2D eigenvalue weighted by molar-refractivity contribution is 4.87. The number of rotatable bonds is 2. The molecule has 1 atom stereocenters. The van der Waals surface area contributed by atoms with Crippen molar-refractivity contribution in [2.75, 3.05) is 33.2 Å². The van der Waals surface area contributed by atoms with Crippen LogP contribution in [0.4, 0.5) is 0 Å². The lowest BCUT2D eigenvalue weighted by Gasteiger charge is -2.46. The standard InChI is InChI=1S/C13H28N2/c1-11(2)12(13(3,4)5)15-9-7-14(6)8-10-15/h11-12H,7-10H2,1-6H3. The van der Waals surface area contributed by atoms with E-state index in [9.17, 15) is 0 Å². The van der Waals surface area contributed by atoms with Gasteiger partial charge in [0, 0.05) is 32.2 Å². The van der Waals surface area contributed by atoms with E-state index in [1.54, 1.807) is 0 Å². The summed E-state index contributed by atoms with van der Waals surface area (Å²) in [6, 6.07) is 0.714.